The first-order valence-electron chi connectivity index (χ1n) is 4.11. The first kappa shape index (κ1) is 10.3. The number of rotatable bonds is 0. The van der Waals surface area contributed by atoms with Gasteiger partial charge in [-0.05, 0) is 6.92 Å². The summed E-state index contributed by atoms with van der Waals surface area (Å²) in [6.45, 7) is 6.90. The first-order valence-corrected chi connectivity index (χ1v) is 4.11. The van der Waals surface area contributed by atoms with E-state index in [1.807, 2.05) is 34.9 Å². The van der Waals surface area contributed by atoms with Crippen molar-refractivity contribution in [3.63, 3.8) is 0 Å². The number of nitrogens with zero attached hydrogens (tertiary/aromatic N) is 2. The maximum Gasteiger partial charge on any atom is 0.319 e. The molecule has 1 saturated heterocycles. The van der Waals surface area contributed by atoms with Gasteiger partial charge in [0.05, 0.1) is 0 Å². The predicted molar refractivity (Wildman–Crippen MR) is 46.6 cm³/mol. The summed E-state index contributed by atoms with van der Waals surface area (Å²) in [7, 11) is 3.65. The first-order chi connectivity index (χ1) is 5.13. The molecule has 0 N–H and O–H groups in total. The van der Waals surface area contributed by atoms with Crippen LogP contribution >= 0.6 is 0 Å². The van der Waals surface area contributed by atoms with Crippen LogP contribution in [0.2, 0.25) is 0 Å². The van der Waals surface area contributed by atoms with Crippen LogP contribution in [0.15, 0.2) is 0 Å². The predicted octanol–water partition coefficient (Wildman–Crippen LogP) is 1.40. The molecule has 1 atom stereocenters. The second-order valence-corrected chi connectivity index (χ2v) is 2.62. The molecule has 1 aliphatic heterocycles. The summed E-state index contributed by atoms with van der Waals surface area (Å²) < 4.78 is 0. The minimum atomic E-state index is 0.127. The van der Waals surface area contributed by atoms with Crippen LogP contribution in [-0.2, 0) is 0 Å². The molecule has 0 aliphatic carbocycles. The van der Waals surface area contributed by atoms with Gasteiger partial charge in [-0.25, -0.2) is 4.79 Å². The molecule has 0 saturated carbocycles. The molecule has 1 fully saturated rings. The van der Waals surface area contributed by atoms with Gasteiger partial charge in [0.25, 0.3) is 0 Å². The molecule has 0 aromatic carbocycles. The molecular weight excluding hydrogens is 140 g/mol. The summed E-state index contributed by atoms with van der Waals surface area (Å²) >= 11 is 0. The Hall–Kier alpha value is -0.730. The third-order valence-electron chi connectivity index (χ3n) is 1.83. The van der Waals surface area contributed by atoms with E-state index in [9.17, 15) is 4.79 Å². The number of hydrogen-bond donors (Lipinski definition) is 0. The van der Waals surface area contributed by atoms with Gasteiger partial charge in [0.2, 0.25) is 0 Å². The molecule has 0 unspecified atom stereocenters. The Balaban J connectivity index is 0.000000461. The van der Waals surface area contributed by atoms with Gasteiger partial charge in [-0.1, -0.05) is 13.8 Å². The van der Waals surface area contributed by atoms with Crippen LogP contribution in [0.25, 0.3) is 0 Å². The fourth-order valence-corrected chi connectivity index (χ4v) is 1.05. The SMILES string of the molecule is CC.C[C@H]1CN(C)C(=O)N1C. The molecule has 0 aromatic rings. The van der Waals surface area contributed by atoms with Crippen LogP contribution in [-0.4, -0.2) is 42.5 Å². The van der Waals surface area contributed by atoms with Crippen molar-refractivity contribution in [2.24, 2.45) is 0 Å². The zero-order valence-corrected chi connectivity index (χ0v) is 8.09. The standard InChI is InChI=1S/C6H12N2O.C2H6/c1-5-4-7(2)6(9)8(5)3;1-2/h5H,4H2,1-3H3;1-2H3/t5-;/m0./s1. The highest BCUT2D eigenvalue weighted by Gasteiger charge is 2.27. The van der Waals surface area contributed by atoms with Gasteiger partial charge in [0.1, 0.15) is 0 Å². The molecule has 3 heteroatoms. The maximum atomic E-state index is 11.0. The van der Waals surface area contributed by atoms with E-state index in [1.165, 1.54) is 0 Å². The molecule has 1 aliphatic rings. The number of amides is 2. The minimum Gasteiger partial charge on any atom is -0.326 e. The van der Waals surface area contributed by atoms with E-state index in [2.05, 4.69) is 0 Å². The molecule has 11 heavy (non-hydrogen) atoms. The van der Waals surface area contributed by atoms with Gasteiger partial charge in [-0.15, -0.1) is 0 Å². The van der Waals surface area contributed by atoms with Crippen LogP contribution in [0, 0.1) is 0 Å². The van der Waals surface area contributed by atoms with E-state index in [4.69, 9.17) is 0 Å². The summed E-state index contributed by atoms with van der Waals surface area (Å²) in [5.41, 5.74) is 0. The molecule has 0 radical (unpaired) electrons. The van der Waals surface area contributed by atoms with Crippen molar-refractivity contribution < 1.29 is 4.79 Å². The van der Waals surface area contributed by atoms with Crippen LogP contribution in [0.4, 0.5) is 4.79 Å². The van der Waals surface area contributed by atoms with Crippen LogP contribution in [0.5, 0.6) is 0 Å². The normalized spacial score (nSPS) is 23.4. The lowest BCUT2D eigenvalue weighted by Crippen LogP contribution is -2.28. The van der Waals surface area contributed by atoms with Crippen LogP contribution < -0.4 is 0 Å². The van der Waals surface area contributed by atoms with Crippen molar-refractivity contribution in [3.8, 4) is 0 Å². The molecule has 1 rings (SSSR count). The number of carbonyl (C=O) groups is 1. The van der Waals surface area contributed by atoms with Crippen molar-refractivity contribution >= 4 is 6.03 Å². The highest BCUT2D eigenvalue weighted by Crippen LogP contribution is 2.09. The lowest BCUT2D eigenvalue weighted by atomic mass is 10.3. The largest absolute Gasteiger partial charge is 0.326 e. The lowest BCUT2D eigenvalue weighted by Gasteiger charge is -2.11. The van der Waals surface area contributed by atoms with Gasteiger partial charge in [0.15, 0.2) is 0 Å². The lowest BCUT2D eigenvalue weighted by molar-refractivity contribution is 0.202. The van der Waals surface area contributed by atoms with Crippen LogP contribution in [0.3, 0.4) is 0 Å². The van der Waals surface area contributed by atoms with E-state index in [0.29, 0.717) is 6.04 Å². The average molecular weight is 158 g/mol. The Kier molecular flexibility index (Phi) is 3.93. The van der Waals surface area contributed by atoms with Gasteiger partial charge in [0, 0.05) is 26.7 Å². The zero-order valence-electron chi connectivity index (χ0n) is 8.09. The molecular formula is C8H18N2O. The fraction of sp³-hybridized carbons (Fsp3) is 0.875. The second kappa shape index (κ2) is 4.21. The van der Waals surface area contributed by atoms with Crippen LogP contribution in [0.1, 0.15) is 20.8 Å². The smallest absolute Gasteiger partial charge is 0.319 e. The summed E-state index contributed by atoms with van der Waals surface area (Å²) in [5, 5.41) is 0. The molecule has 2 amide bonds. The molecule has 3 nitrogen and oxygen atoms in total. The monoisotopic (exact) mass is 158 g/mol. The minimum absolute atomic E-state index is 0.127. The highest BCUT2D eigenvalue weighted by molar-refractivity contribution is 5.76. The summed E-state index contributed by atoms with van der Waals surface area (Å²) in [6, 6.07) is 0.505. The Morgan fingerprint density at radius 3 is 1.91 bits per heavy atom. The Morgan fingerprint density at radius 2 is 1.82 bits per heavy atom. The molecule has 0 spiro atoms. The third-order valence-corrected chi connectivity index (χ3v) is 1.83. The van der Waals surface area contributed by atoms with Gasteiger partial charge >= 0.3 is 6.03 Å². The maximum absolute atomic E-state index is 11.0. The summed E-state index contributed by atoms with van der Waals surface area (Å²) in [6.07, 6.45) is 0. The number of likely N-dealkylation sites (N-methyl/N-ethyl adjacent to an activating group) is 2. The highest BCUT2D eigenvalue weighted by atomic mass is 16.2. The van der Waals surface area contributed by atoms with Crippen molar-refractivity contribution in [2.45, 2.75) is 26.8 Å². The third kappa shape index (κ3) is 2.10. The van der Waals surface area contributed by atoms with E-state index < -0.39 is 0 Å². The van der Waals surface area contributed by atoms with E-state index in [1.54, 1.807) is 9.80 Å². The summed E-state index contributed by atoms with van der Waals surface area (Å²) in [4.78, 5) is 14.4. The van der Waals surface area contributed by atoms with E-state index in [-0.39, 0.29) is 6.03 Å². The Morgan fingerprint density at radius 1 is 1.36 bits per heavy atom. The molecule has 66 valence electrons. The van der Waals surface area contributed by atoms with Gasteiger partial charge < -0.3 is 9.80 Å². The van der Waals surface area contributed by atoms with Crippen molar-refractivity contribution in [1.82, 2.24) is 9.80 Å². The van der Waals surface area contributed by atoms with Crippen molar-refractivity contribution in [3.05, 3.63) is 0 Å². The zero-order chi connectivity index (χ0) is 9.02. The molecule has 0 aromatic heterocycles. The summed E-state index contributed by atoms with van der Waals surface area (Å²) in [5.74, 6) is 0. The van der Waals surface area contributed by atoms with Gasteiger partial charge in [-0.2, -0.15) is 0 Å². The Labute approximate surface area is 69.0 Å². The fourth-order valence-electron chi connectivity index (χ4n) is 1.05. The second-order valence-electron chi connectivity index (χ2n) is 2.62. The van der Waals surface area contributed by atoms with E-state index in [0.717, 1.165) is 6.54 Å². The van der Waals surface area contributed by atoms with Gasteiger partial charge in [-0.3, -0.25) is 0 Å². The quantitative estimate of drug-likeness (QED) is 0.522. The average Bonchev–Trinajstić information content (AvgIpc) is 2.22. The number of hydrogen-bond acceptors (Lipinski definition) is 1. The molecule has 0 bridgehead atoms. The van der Waals surface area contributed by atoms with Crippen molar-refractivity contribution in [2.75, 3.05) is 20.6 Å². The Bertz CT molecular complexity index is 136. The number of carbonyl (C=O) groups excluding carboxylic acids is 1. The molecule has 1 heterocycles. The van der Waals surface area contributed by atoms with E-state index >= 15 is 0 Å². The topological polar surface area (TPSA) is 23.6 Å². The number of urea groups is 1. The van der Waals surface area contributed by atoms with Crippen molar-refractivity contribution in [1.29, 1.82) is 0 Å².